The van der Waals surface area contributed by atoms with Gasteiger partial charge in [0.1, 0.15) is 0 Å². The Morgan fingerprint density at radius 1 is 1.24 bits per heavy atom. The monoisotopic (exact) mass is 365 g/mol. The van der Waals surface area contributed by atoms with Gasteiger partial charge in [-0.2, -0.15) is 0 Å². The number of hydrogen-bond acceptors (Lipinski definition) is 4. The molecule has 1 aliphatic carbocycles. The van der Waals surface area contributed by atoms with E-state index < -0.39 is 0 Å². The molecule has 25 heavy (non-hydrogen) atoms. The molecule has 140 valence electrons. The van der Waals surface area contributed by atoms with Crippen molar-refractivity contribution in [2.24, 2.45) is 5.92 Å². The highest BCUT2D eigenvalue weighted by atomic mass is 32.1. The fourth-order valence-electron chi connectivity index (χ4n) is 2.83. The highest BCUT2D eigenvalue weighted by Gasteiger charge is 2.27. The molecule has 1 aromatic rings. The molecule has 5 nitrogen and oxygen atoms in total. The lowest BCUT2D eigenvalue weighted by Crippen LogP contribution is -2.39. The lowest BCUT2D eigenvalue weighted by molar-refractivity contribution is -0.135. The summed E-state index contributed by atoms with van der Waals surface area (Å²) in [6.07, 6.45) is 11.7. The van der Waals surface area contributed by atoms with E-state index in [0.29, 0.717) is 17.5 Å². The molecular formula is C19H31N3O2S. The number of hydrogen-bond donors (Lipinski definition) is 1. The number of nitrogens with one attached hydrogen (secondary N) is 1. The minimum atomic E-state index is -0.147. The van der Waals surface area contributed by atoms with Crippen LogP contribution >= 0.6 is 11.3 Å². The first-order chi connectivity index (χ1) is 12.1. The first kappa shape index (κ1) is 19.9. The van der Waals surface area contributed by atoms with Gasteiger partial charge in [-0.3, -0.25) is 9.59 Å². The number of unbranched alkanes of at least 4 members (excludes halogenated alkanes) is 5. The van der Waals surface area contributed by atoms with Crippen molar-refractivity contribution in [2.45, 2.75) is 71.6 Å². The van der Waals surface area contributed by atoms with Gasteiger partial charge in [0.2, 0.25) is 11.8 Å². The molecule has 6 heteroatoms. The SMILES string of the molecule is CCCCCCCCC(=O)N(CC(=O)Nc1ncc(C)s1)CC1CC1. The molecule has 1 saturated carbocycles. The fourth-order valence-corrected chi connectivity index (χ4v) is 3.51. The number of aromatic nitrogens is 1. The van der Waals surface area contributed by atoms with Crippen molar-refractivity contribution in [2.75, 3.05) is 18.4 Å². The van der Waals surface area contributed by atoms with Crippen LogP contribution < -0.4 is 5.32 Å². The van der Waals surface area contributed by atoms with E-state index in [0.717, 1.165) is 24.3 Å². The molecule has 2 rings (SSSR count). The van der Waals surface area contributed by atoms with E-state index in [1.165, 1.54) is 49.9 Å². The fraction of sp³-hybridized carbons (Fsp3) is 0.737. The molecule has 0 spiro atoms. The van der Waals surface area contributed by atoms with Crippen LogP contribution in [0.15, 0.2) is 6.20 Å². The summed E-state index contributed by atoms with van der Waals surface area (Å²) in [5.74, 6) is 0.558. The third-order valence-electron chi connectivity index (χ3n) is 4.47. The van der Waals surface area contributed by atoms with E-state index in [1.807, 2.05) is 6.92 Å². The normalized spacial score (nSPS) is 13.7. The molecule has 0 bridgehead atoms. The van der Waals surface area contributed by atoms with Crippen LogP contribution in [0.2, 0.25) is 0 Å². The Balaban J connectivity index is 1.74. The minimum Gasteiger partial charge on any atom is -0.333 e. The number of anilines is 1. The summed E-state index contributed by atoms with van der Waals surface area (Å²) in [5, 5.41) is 3.42. The average Bonchev–Trinajstić information content (AvgIpc) is 3.30. The Kier molecular flexibility index (Phi) is 8.38. The summed E-state index contributed by atoms with van der Waals surface area (Å²) in [7, 11) is 0. The molecule has 1 fully saturated rings. The number of thiazole rings is 1. The van der Waals surface area contributed by atoms with Crippen LogP contribution in [-0.2, 0) is 9.59 Å². The largest absolute Gasteiger partial charge is 0.333 e. The van der Waals surface area contributed by atoms with Crippen molar-refractivity contribution in [3.8, 4) is 0 Å². The predicted octanol–water partition coefficient (Wildman–Crippen LogP) is 4.38. The zero-order valence-corrected chi connectivity index (χ0v) is 16.4. The van der Waals surface area contributed by atoms with Crippen molar-refractivity contribution in [1.82, 2.24) is 9.88 Å². The van der Waals surface area contributed by atoms with E-state index in [9.17, 15) is 9.59 Å². The standard InChI is InChI=1S/C19H31N3O2S/c1-3-4-5-6-7-8-9-18(24)22(13-16-10-11-16)14-17(23)21-19-20-12-15(2)25-19/h12,16H,3-11,13-14H2,1-2H3,(H,20,21,23). The number of carbonyl (C=O) groups is 2. The molecule has 1 aliphatic rings. The molecule has 0 radical (unpaired) electrons. The maximum absolute atomic E-state index is 12.5. The Morgan fingerprint density at radius 3 is 2.60 bits per heavy atom. The van der Waals surface area contributed by atoms with Crippen molar-refractivity contribution in [3.63, 3.8) is 0 Å². The molecular weight excluding hydrogens is 334 g/mol. The summed E-state index contributed by atoms with van der Waals surface area (Å²) in [4.78, 5) is 31.7. The van der Waals surface area contributed by atoms with Crippen molar-refractivity contribution >= 4 is 28.3 Å². The maximum Gasteiger partial charge on any atom is 0.245 e. The number of aryl methyl sites for hydroxylation is 1. The second kappa shape index (κ2) is 10.5. The molecule has 1 heterocycles. The molecule has 1 aromatic heterocycles. The molecule has 0 aliphatic heterocycles. The smallest absolute Gasteiger partial charge is 0.245 e. The van der Waals surface area contributed by atoms with Crippen molar-refractivity contribution < 1.29 is 9.59 Å². The Bertz CT molecular complexity index is 555. The second-order valence-corrected chi connectivity index (χ2v) is 8.29. The van der Waals surface area contributed by atoms with Crippen LogP contribution in [0.4, 0.5) is 5.13 Å². The van der Waals surface area contributed by atoms with Gasteiger partial charge in [0, 0.05) is 24.0 Å². The lowest BCUT2D eigenvalue weighted by atomic mass is 10.1. The van der Waals surface area contributed by atoms with Gasteiger partial charge in [-0.25, -0.2) is 4.98 Å². The molecule has 2 amide bonds. The van der Waals surface area contributed by atoms with Crippen LogP contribution in [0.1, 0.15) is 69.6 Å². The van der Waals surface area contributed by atoms with Crippen LogP contribution in [0.5, 0.6) is 0 Å². The van der Waals surface area contributed by atoms with E-state index >= 15 is 0 Å². The second-order valence-electron chi connectivity index (χ2n) is 7.06. The van der Waals surface area contributed by atoms with Gasteiger partial charge in [-0.15, -0.1) is 11.3 Å². The number of rotatable bonds is 12. The Morgan fingerprint density at radius 2 is 1.96 bits per heavy atom. The van der Waals surface area contributed by atoms with Gasteiger partial charge < -0.3 is 10.2 Å². The van der Waals surface area contributed by atoms with E-state index in [1.54, 1.807) is 11.1 Å². The van der Waals surface area contributed by atoms with Crippen LogP contribution in [0, 0.1) is 12.8 Å². The van der Waals surface area contributed by atoms with Gasteiger partial charge in [-0.05, 0) is 32.1 Å². The lowest BCUT2D eigenvalue weighted by Gasteiger charge is -2.22. The van der Waals surface area contributed by atoms with Gasteiger partial charge in [0.05, 0.1) is 6.54 Å². The third kappa shape index (κ3) is 7.99. The van der Waals surface area contributed by atoms with E-state index in [4.69, 9.17) is 0 Å². The predicted molar refractivity (Wildman–Crippen MR) is 103 cm³/mol. The molecule has 0 atom stereocenters. The number of nitrogens with zero attached hydrogens (tertiary/aromatic N) is 2. The third-order valence-corrected chi connectivity index (χ3v) is 5.30. The Labute approximate surface area is 155 Å². The minimum absolute atomic E-state index is 0.118. The zero-order chi connectivity index (χ0) is 18.1. The van der Waals surface area contributed by atoms with Gasteiger partial charge in [0.25, 0.3) is 0 Å². The molecule has 0 unspecified atom stereocenters. The van der Waals surface area contributed by atoms with Gasteiger partial charge >= 0.3 is 0 Å². The van der Waals surface area contributed by atoms with Crippen molar-refractivity contribution in [3.05, 3.63) is 11.1 Å². The van der Waals surface area contributed by atoms with E-state index in [2.05, 4.69) is 17.2 Å². The summed E-state index contributed by atoms with van der Waals surface area (Å²) >= 11 is 1.45. The summed E-state index contributed by atoms with van der Waals surface area (Å²) in [5.41, 5.74) is 0. The maximum atomic E-state index is 12.5. The number of amides is 2. The Hall–Kier alpha value is -1.43. The number of carbonyl (C=O) groups excluding carboxylic acids is 2. The molecule has 0 saturated heterocycles. The first-order valence-electron chi connectivity index (χ1n) is 9.58. The summed E-state index contributed by atoms with van der Waals surface area (Å²) in [6, 6.07) is 0. The van der Waals surface area contributed by atoms with Crippen LogP contribution in [-0.4, -0.2) is 34.8 Å². The zero-order valence-electron chi connectivity index (χ0n) is 15.6. The summed E-state index contributed by atoms with van der Waals surface area (Å²) < 4.78 is 0. The highest BCUT2D eigenvalue weighted by molar-refractivity contribution is 7.15. The quantitative estimate of drug-likeness (QED) is 0.559. The van der Waals surface area contributed by atoms with Crippen LogP contribution in [0.3, 0.4) is 0 Å². The van der Waals surface area contributed by atoms with Gasteiger partial charge in [-0.1, -0.05) is 39.0 Å². The molecule has 0 aromatic carbocycles. The summed E-state index contributed by atoms with van der Waals surface area (Å²) in [6.45, 7) is 5.02. The molecule has 1 N–H and O–H groups in total. The van der Waals surface area contributed by atoms with E-state index in [-0.39, 0.29) is 18.4 Å². The highest BCUT2D eigenvalue weighted by Crippen LogP contribution is 2.30. The van der Waals surface area contributed by atoms with Crippen molar-refractivity contribution in [1.29, 1.82) is 0 Å². The van der Waals surface area contributed by atoms with Gasteiger partial charge in [0.15, 0.2) is 5.13 Å². The first-order valence-corrected chi connectivity index (χ1v) is 10.4. The topological polar surface area (TPSA) is 62.3 Å². The average molecular weight is 366 g/mol. The van der Waals surface area contributed by atoms with Crippen LogP contribution in [0.25, 0.3) is 0 Å².